The van der Waals surface area contributed by atoms with Gasteiger partial charge in [-0.05, 0) is 43.4 Å². The predicted molar refractivity (Wildman–Crippen MR) is 122 cm³/mol. The van der Waals surface area contributed by atoms with Crippen LogP contribution in [0, 0.1) is 0 Å². The zero-order valence-electron chi connectivity index (χ0n) is 17.3. The van der Waals surface area contributed by atoms with E-state index < -0.39 is 6.04 Å². The zero-order valence-corrected chi connectivity index (χ0v) is 18.1. The van der Waals surface area contributed by atoms with E-state index in [0.717, 1.165) is 22.7 Å². The molecule has 1 atom stereocenters. The number of nitrogens with one attached hydrogen (secondary N) is 1. The number of carbonyl (C=O) groups excluding carboxylic acids is 1. The summed E-state index contributed by atoms with van der Waals surface area (Å²) in [6.45, 7) is 2.37. The van der Waals surface area contributed by atoms with Crippen molar-refractivity contribution in [3.63, 3.8) is 0 Å². The fourth-order valence-corrected chi connectivity index (χ4v) is 4.19. The van der Waals surface area contributed by atoms with Gasteiger partial charge in [0.25, 0.3) is 5.56 Å². The van der Waals surface area contributed by atoms with Crippen LogP contribution in [0.5, 0.6) is 0 Å². The number of nitrogens with zero attached hydrogens (tertiary/aromatic N) is 3. The van der Waals surface area contributed by atoms with Gasteiger partial charge in [-0.2, -0.15) is 5.10 Å². The predicted octanol–water partition coefficient (Wildman–Crippen LogP) is 3.53. The van der Waals surface area contributed by atoms with E-state index >= 15 is 0 Å². The Balaban J connectivity index is 1.60. The number of para-hydroxylation sites is 1. The first-order chi connectivity index (χ1) is 14.5. The van der Waals surface area contributed by atoms with Crippen molar-refractivity contribution in [2.75, 3.05) is 12.8 Å². The minimum Gasteiger partial charge on any atom is -0.354 e. The number of benzene rings is 2. The second-order valence-corrected chi connectivity index (χ2v) is 8.17. The molecule has 2 aromatic carbocycles. The molecule has 0 aliphatic rings. The highest BCUT2D eigenvalue weighted by Gasteiger charge is 2.22. The molecule has 7 heteroatoms. The molecule has 2 heterocycles. The van der Waals surface area contributed by atoms with E-state index in [0.29, 0.717) is 12.1 Å². The van der Waals surface area contributed by atoms with Crippen molar-refractivity contribution in [2.24, 2.45) is 7.05 Å². The fraction of sp³-hybridized carbons (Fsp3) is 0.261. The lowest BCUT2D eigenvalue weighted by atomic mass is 10.1. The fourth-order valence-electron chi connectivity index (χ4n) is 3.78. The molecule has 4 rings (SSSR count). The molecule has 154 valence electrons. The summed E-state index contributed by atoms with van der Waals surface area (Å²) in [6.07, 6.45) is 4.50. The number of carbonyl (C=O) groups is 1. The molecule has 0 aliphatic heterocycles. The third kappa shape index (κ3) is 3.61. The molecular formula is C23H24N4O2S. The molecule has 0 unspecified atom stereocenters. The summed E-state index contributed by atoms with van der Waals surface area (Å²) in [7, 11) is 1.62. The molecule has 1 amide bonds. The van der Waals surface area contributed by atoms with Crippen molar-refractivity contribution < 1.29 is 4.79 Å². The maximum Gasteiger partial charge on any atom is 0.291 e. The Labute approximate surface area is 178 Å². The third-order valence-electron chi connectivity index (χ3n) is 5.45. The highest BCUT2D eigenvalue weighted by molar-refractivity contribution is 7.98. The van der Waals surface area contributed by atoms with Crippen molar-refractivity contribution in [1.29, 1.82) is 0 Å². The van der Waals surface area contributed by atoms with Gasteiger partial charge in [0.15, 0.2) is 0 Å². The van der Waals surface area contributed by atoms with Crippen LogP contribution in [0.15, 0.2) is 64.4 Å². The van der Waals surface area contributed by atoms with Crippen molar-refractivity contribution in [3.05, 3.63) is 70.6 Å². The SMILES string of the molecule is CSc1ccc(CCNC(=O)[C@H](C)n2c3ccccc3c3cnn(C)c(=O)c32)cc1. The van der Waals surface area contributed by atoms with Gasteiger partial charge in [-0.3, -0.25) is 9.59 Å². The summed E-state index contributed by atoms with van der Waals surface area (Å²) in [4.78, 5) is 27.0. The minimum absolute atomic E-state index is 0.114. The molecule has 0 saturated carbocycles. The van der Waals surface area contributed by atoms with Crippen LogP contribution in [0.4, 0.5) is 0 Å². The van der Waals surface area contributed by atoms with Gasteiger partial charge in [-0.1, -0.05) is 30.3 Å². The summed E-state index contributed by atoms with van der Waals surface area (Å²) in [5, 5.41) is 8.87. The van der Waals surface area contributed by atoms with Crippen LogP contribution in [0.25, 0.3) is 21.8 Å². The molecule has 0 fully saturated rings. The van der Waals surface area contributed by atoms with Crippen molar-refractivity contribution >= 4 is 39.5 Å². The number of aromatic nitrogens is 3. The molecule has 0 bridgehead atoms. The molecule has 0 spiro atoms. The Kier molecular flexibility index (Phi) is 5.63. The molecule has 4 aromatic rings. The van der Waals surface area contributed by atoms with Gasteiger partial charge in [0.1, 0.15) is 11.6 Å². The van der Waals surface area contributed by atoms with Gasteiger partial charge in [0, 0.05) is 29.3 Å². The average molecular weight is 421 g/mol. The number of fused-ring (bicyclic) bond motifs is 3. The molecule has 2 aromatic heterocycles. The van der Waals surface area contributed by atoms with Crippen LogP contribution < -0.4 is 10.9 Å². The number of rotatable bonds is 6. The average Bonchev–Trinajstić information content (AvgIpc) is 3.11. The number of hydrogen-bond donors (Lipinski definition) is 1. The highest BCUT2D eigenvalue weighted by Crippen LogP contribution is 2.29. The Hall–Kier alpha value is -3.06. The maximum absolute atomic E-state index is 13.0. The second kappa shape index (κ2) is 8.36. The summed E-state index contributed by atoms with van der Waals surface area (Å²) in [6, 6.07) is 15.6. The number of aryl methyl sites for hydroxylation is 1. The van der Waals surface area contributed by atoms with Gasteiger partial charge in [0.2, 0.25) is 5.91 Å². The molecule has 0 saturated heterocycles. The summed E-state index contributed by atoms with van der Waals surface area (Å²) in [5.41, 5.74) is 2.33. The van der Waals surface area contributed by atoms with Gasteiger partial charge in [0.05, 0.1) is 11.7 Å². The maximum atomic E-state index is 13.0. The van der Waals surface area contributed by atoms with E-state index in [1.54, 1.807) is 25.0 Å². The second-order valence-electron chi connectivity index (χ2n) is 7.29. The molecule has 30 heavy (non-hydrogen) atoms. The van der Waals surface area contributed by atoms with Crippen molar-refractivity contribution in [1.82, 2.24) is 19.7 Å². The first kappa shape index (κ1) is 20.2. The van der Waals surface area contributed by atoms with Gasteiger partial charge < -0.3 is 9.88 Å². The van der Waals surface area contributed by atoms with Crippen LogP contribution >= 0.6 is 11.8 Å². The van der Waals surface area contributed by atoms with E-state index in [-0.39, 0.29) is 11.5 Å². The lowest BCUT2D eigenvalue weighted by Gasteiger charge is -2.16. The molecule has 1 N–H and O–H groups in total. The van der Waals surface area contributed by atoms with E-state index in [2.05, 4.69) is 40.9 Å². The minimum atomic E-state index is -0.527. The van der Waals surface area contributed by atoms with Crippen molar-refractivity contribution in [3.8, 4) is 0 Å². The van der Waals surface area contributed by atoms with Crippen LogP contribution in [0.1, 0.15) is 18.5 Å². The number of thioether (sulfide) groups is 1. The van der Waals surface area contributed by atoms with E-state index in [1.807, 2.05) is 35.8 Å². The lowest BCUT2D eigenvalue weighted by molar-refractivity contribution is -0.123. The highest BCUT2D eigenvalue weighted by atomic mass is 32.2. The Bertz CT molecular complexity index is 1270. The van der Waals surface area contributed by atoms with Crippen LogP contribution in [0.3, 0.4) is 0 Å². The van der Waals surface area contributed by atoms with Gasteiger partial charge >= 0.3 is 0 Å². The molecule has 6 nitrogen and oxygen atoms in total. The van der Waals surface area contributed by atoms with Gasteiger partial charge in [-0.15, -0.1) is 11.8 Å². The van der Waals surface area contributed by atoms with E-state index in [9.17, 15) is 9.59 Å². The Morgan fingerprint density at radius 2 is 1.87 bits per heavy atom. The first-order valence-corrected chi connectivity index (χ1v) is 11.1. The topological polar surface area (TPSA) is 68.9 Å². The van der Waals surface area contributed by atoms with Crippen molar-refractivity contribution in [2.45, 2.75) is 24.3 Å². The number of amides is 1. The Morgan fingerprint density at radius 1 is 1.13 bits per heavy atom. The summed E-state index contributed by atoms with van der Waals surface area (Å²) in [5.74, 6) is -0.114. The smallest absolute Gasteiger partial charge is 0.291 e. The standard InChI is InChI=1S/C23H24N4O2S/c1-15(22(28)24-13-12-16-8-10-17(30-3)11-9-16)27-20-7-5-4-6-18(20)19-14-25-26(2)23(29)21(19)27/h4-11,14-15H,12-13H2,1-3H3,(H,24,28)/t15-/m0/s1. The quantitative estimate of drug-likeness (QED) is 0.485. The normalized spacial score (nSPS) is 12.4. The number of hydrogen-bond acceptors (Lipinski definition) is 4. The molecular weight excluding hydrogens is 396 g/mol. The third-order valence-corrected chi connectivity index (χ3v) is 6.19. The Morgan fingerprint density at radius 3 is 2.60 bits per heavy atom. The monoisotopic (exact) mass is 420 g/mol. The van der Waals surface area contributed by atoms with Gasteiger partial charge in [-0.25, -0.2) is 4.68 Å². The largest absolute Gasteiger partial charge is 0.354 e. The van der Waals surface area contributed by atoms with Crippen LogP contribution in [0.2, 0.25) is 0 Å². The zero-order chi connectivity index (χ0) is 21.3. The summed E-state index contributed by atoms with van der Waals surface area (Å²) < 4.78 is 3.14. The van der Waals surface area contributed by atoms with E-state index in [1.165, 1.54) is 15.1 Å². The lowest BCUT2D eigenvalue weighted by Crippen LogP contribution is -2.33. The van der Waals surface area contributed by atoms with Crippen LogP contribution in [-0.2, 0) is 18.3 Å². The first-order valence-electron chi connectivity index (χ1n) is 9.87. The van der Waals surface area contributed by atoms with E-state index in [4.69, 9.17) is 0 Å². The van der Waals surface area contributed by atoms with Crippen LogP contribution in [-0.4, -0.2) is 33.1 Å². The molecule has 0 radical (unpaired) electrons. The summed E-state index contributed by atoms with van der Waals surface area (Å²) >= 11 is 1.71. The molecule has 0 aliphatic carbocycles.